The van der Waals surface area contributed by atoms with Gasteiger partial charge in [-0.1, -0.05) is 45.0 Å². The van der Waals surface area contributed by atoms with Crippen LogP contribution in [0.3, 0.4) is 0 Å². The van der Waals surface area contributed by atoms with E-state index in [0.717, 1.165) is 19.4 Å². The zero-order valence-electron chi connectivity index (χ0n) is 15.2. The number of nitrogens with zero attached hydrogens (tertiary/aromatic N) is 2. The lowest BCUT2D eigenvalue weighted by atomic mass is 9.86. The van der Waals surface area contributed by atoms with Crippen molar-refractivity contribution in [3.8, 4) is 0 Å². The topological polar surface area (TPSA) is 66.6 Å². The Bertz CT molecular complexity index is 590. The van der Waals surface area contributed by atoms with Gasteiger partial charge >= 0.3 is 0 Å². The summed E-state index contributed by atoms with van der Waals surface area (Å²) in [6, 6.07) is 8.74. The highest BCUT2D eigenvalue weighted by atomic mass is 16.2. The maximum absolute atomic E-state index is 12.6. The third kappa shape index (κ3) is 4.57. The fourth-order valence-corrected chi connectivity index (χ4v) is 3.26. The molecule has 132 valence electrons. The molecule has 2 rings (SSSR count). The number of rotatable bonds is 5. The number of primary amides is 1. The second-order valence-electron chi connectivity index (χ2n) is 7.76. The molecule has 1 aliphatic rings. The van der Waals surface area contributed by atoms with E-state index in [1.807, 2.05) is 4.90 Å². The van der Waals surface area contributed by atoms with E-state index >= 15 is 0 Å². The molecular formula is C19H29N3O2. The number of carbonyl (C=O) groups excluding carboxylic acids is 2. The average molecular weight is 331 g/mol. The molecule has 1 saturated heterocycles. The van der Waals surface area contributed by atoms with Crippen molar-refractivity contribution in [3.63, 3.8) is 0 Å². The van der Waals surface area contributed by atoms with Crippen LogP contribution in [0.1, 0.15) is 50.8 Å². The Morgan fingerprint density at radius 1 is 1.21 bits per heavy atom. The first-order chi connectivity index (χ1) is 11.2. The molecule has 2 amide bonds. The summed E-state index contributed by atoms with van der Waals surface area (Å²) in [7, 11) is 1.74. The Balaban J connectivity index is 2.07. The van der Waals surface area contributed by atoms with Crippen LogP contribution in [0.15, 0.2) is 24.3 Å². The molecule has 0 spiro atoms. The molecule has 24 heavy (non-hydrogen) atoms. The molecule has 1 aromatic carbocycles. The molecule has 0 aliphatic carbocycles. The Hall–Kier alpha value is -1.88. The third-order valence-electron chi connectivity index (χ3n) is 4.57. The summed E-state index contributed by atoms with van der Waals surface area (Å²) < 4.78 is 0. The molecule has 5 nitrogen and oxygen atoms in total. The van der Waals surface area contributed by atoms with Gasteiger partial charge in [-0.05, 0) is 36.4 Å². The fourth-order valence-electron chi connectivity index (χ4n) is 3.26. The Morgan fingerprint density at radius 3 is 2.38 bits per heavy atom. The molecule has 0 saturated carbocycles. The first kappa shape index (κ1) is 18.5. The van der Waals surface area contributed by atoms with Crippen LogP contribution in [0.4, 0.5) is 0 Å². The smallest absolute Gasteiger partial charge is 0.237 e. The van der Waals surface area contributed by atoms with Crippen LogP contribution in [-0.2, 0) is 15.0 Å². The van der Waals surface area contributed by atoms with E-state index in [-0.39, 0.29) is 30.5 Å². The Labute approximate surface area is 144 Å². The number of carbonyl (C=O) groups is 2. The minimum absolute atomic E-state index is 0.0566. The van der Waals surface area contributed by atoms with Gasteiger partial charge in [-0.15, -0.1) is 0 Å². The lowest BCUT2D eigenvalue weighted by Crippen LogP contribution is -2.41. The minimum atomic E-state index is -0.416. The largest absolute Gasteiger partial charge is 0.369 e. The summed E-state index contributed by atoms with van der Waals surface area (Å²) in [5.74, 6) is -0.359. The summed E-state index contributed by atoms with van der Waals surface area (Å²) in [4.78, 5) is 27.1. The van der Waals surface area contributed by atoms with Gasteiger partial charge in [0.1, 0.15) is 0 Å². The van der Waals surface area contributed by atoms with Gasteiger partial charge in [-0.3, -0.25) is 14.5 Å². The van der Waals surface area contributed by atoms with Crippen molar-refractivity contribution in [2.75, 3.05) is 26.7 Å². The lowest BCUT2D eigenvalue weighted by molar-refractivity contribution is -0.133. The molecule has 1 atom stereocenters. The molecule has 1 unspecified atom stereocenters. The van der Waals surface area contributed by atoms with Gasteiger partial charge in [0.25, 0.3) is 0 Å². The van der Waals surface area contributed by atoms with Crippen molar-refractivity contribution in [3.05, 3.63) is 35.4 Å². The van der Waals surface area contributed by atoms with Crippen molar-refractivity contribution < 1.29 is 9.59 Å². The summed E-state index contributed by atoms with van der Waals surface area (Å²) in [5, 5.41) is 0. The number of nitrogens with two attached hydrogens (primary N) is 1. The van der Waals surface area contributed by atoms with Gasteiger partial charge in [0.05, 0.1) is 19.1 Å². The number of likely N-dealkylation sites (N-methyl/N-ethyl adjacent to an activating group) is 1. The molecule has 0 radical (unpaired) electrons. The Morgan fingerprint density at radius 2 is 1.83 bits per heavy atom. The third-order valence-corrected chi connectivity index (χ3v) is 4.57. The molecular weight excluding hydrogens is 302 g/mol. The second-order valence-corrected chi connectivity index (χ2v) is 7.76. The number of hydrogen-bond donors (Lipinski definition) is 1. The Kier molecular flexibility index (Phi) is 5.65. The molecule has 1 fully saturated rings. The van der Waals surface area contributed by atoms with Crippen LogP contribution in [-0.4, -0.2) is 48.3 Å². The van der Waals surface area contributed by atoms with Gasteiger partial charge in [0, 0.05) is 6.54 Å². The van der Waals surface area contributed by atoms with E-state index in [2.05, 4.69) is 45.0 Å². The highest BCUT2D eigenvalue weighted by molar-refractivity contribution is 5.81. The fraction of sp³-hybridized carbons (Fsp3) is 0.579. The predicted octanol–water partition coefficient (Wildman–Crippen LogP) is 2.06. The molecule has 0 bridgehead atoms. The maximum atomic E-state index is 12.6. The van der Waals surface area contributed by atoms with Crippen LogP contribution < -0.4 is 5.73 Å². The van der Waals surface area contributed by atoms with Crippen LogP contribution in [0.5, 0.6) is 0 Å². The van der Waals surface area contributed by atoms with E-state index in [4.69, 9.17) is 5.73 Å². The van der Waals surface area contributed by atoms with Gasteiger partial charge in [-0.25, -0.2) is 0 Å². The highest BCUT2D eigenvalue weighted by Crippen LogP contribution is 2.33. The number of amides is 2. The quantitative estimate of drug-likeness (QED) is 0.898. The summed E-state index contributed by atoms with van der Waals surface area (Å²) in [6.07, 6.45) is 2.00. The lowest BCUT2D eigenvalue weighted by Gasteiger charge is -2.28. The van der Waals surface area contributed by atoms with Gasteiger partial charge in [-0.2, -0.15) is 0 Å². The van der Waals surface area contributed by atoms with Crippen LogP contribution in [0.2, 0.25) is 0 Å². The molecule has 2 N–H and O–H groups in total. The zero-order chi connectivity index (χ0) is 17.9. The van der Waals surface area contributed by atoms with E-state index in [1.54, 1.807) is 11.9 Å². The monoisotopic (exact) mass is 331 g/mol. The molecule has 1 aromatic rings. The molecule has 1 heterocycles. The standard InChI is InChI=1S/C19H29N3O2/c1-19(2,3)15-9-7-14(8-10-15)16-6-5-11-22(16)18(24)13-21(4)12-17(20)23/h7-10,16H,5-6,11-13H2,1-4H3,(H2,20,23). The van der Waals surface area contributed by atoms with E-state index < -0.39 is 5.91 Å². The van der Waals surface area contributed by atoms with Crippen molar-refractivity contribution in [2.45, 2.75) is 45.1 Å². The van der Waals surface area contributed by atoms with Crippen LogP contribution in [0.25, 0.3) is 0 Å². The number of likely N-dealkylation sites (tertiary alicyclic amines) is 1. The second kappa shape index (κ2) is 7.34. The first-order valence-electron chi connectivity index (χ1n) is 8.55. The minimum Gasteiger partial charge on any atom is -0.369 e. The van der Waals surface area contributed by atoms with E-state index in [0.29, 0.717) is 0 Å². The summed E-state index contributed by atoms with van der Waals surface area (Å²) >= 11 is 0. The maximum Gasteiger partial charge on any atom is 0.237 e. The SMILES string of the molecule is CN(CC(N)=O)CC(=O)N1CCCC1c1ccc(C(C)(C)C)cc1. The van der Waals surface area contributed by atoms with Crippen LogP contribution >= 0.6 is 0 Å². The van der Waals surface area contributed by atoms with E-state index in [9.17, 15) is 9.59 Å². The molecule has 0 aromatic heterocycles. The summed E-state index contributed by atoms with van der Waals surface area (Å²) in [5.41, 5.74) is 7.79. The number of hydrogen-bond acceptors (Lipinski definition) is 3. The average Bonchev–Trinajstić information content (AvgIpc) is 2.95. The first-order valence-corrected chi connectivity index (χ1v) is 8.55. The van der Waals surface area contributed by atoms with Crippen LogP contribution in [0, 0.1) is 0 Å². The van der Waals surface area contributed by atoms with Crippen molar-refractivity contribution in [1.29, 1.82) is 0 Å². The highest BCUT2D eigenvalue weighted by Gasteiger charge is 2.30. The predicted molar refractivity (Wildman–Crippen MR) is 95.5 cm³/mol. The summed E-state index contributed by atoms with van der Waals surface area (Å²) in [6.45, 7) is 7.69. The molecule has 5 heteroatoms. The molecule has 1 aliphatic heterocycles. The van der Waals surface area contributed by atoms with Crippen molar-refractivity contribution in [2.24, 2.45) is 5.73 Å². The number of benzene rings is 1. The van der Waals surface area contributed by atoms with Gasteiger partial charge in [0.2, 0.25) is 11.8 Å². The zero-order valence-corrected chi connectivity index (χ0v) is 15.2. The van der Waals surface area contributed by atoms with E-state index in [1.165, 1.54) is 11.1 Å². The van der Waals surface area contributed by atoms with Crippen molar-refractivity contribution in [1.82, 2.24) is 9.80 Å². The normalized spacial score (nSPS) is 18.2. The van der Waals surface area contributed by atoms with Gasteiger partial charge in [0.15, 0.2) is 0 Å². The van der Waals surface area contributed by atoms with Crippen molar-refractivity contribution >= 4 is 11.8 Å². The van der Waals surface area contributed by atoms with Gasteiger partial charge < -0.3 is 10.6 Å².